The Morgan fingerprint density at radius 1 is 0.886 bits per heavy atom. The van der Waals surface area contributed by atoms with Crippen LogP contribution in [0.5, 0.6) is 0 Å². The number of nitrogens with zero attached hydrogens (tertiary/aromatic N) is 1. The minimum atomic E-state index is -4.47. The lowest BCUT2D eigenvalue weighted by molar-refractivity contribution is -0.139. The summed E-state index contributed by atoms with van der Waals surface area (Å²) in [5.41, 5.74) is 4.17. The van der Waals surface area contributed by atoms with Crippen molar-refractivity contribution in [1.82, 2.24) is 4.90 Å². The van der Waals surface area contributed by atoms with Gasteiger partial charge >= 0.3 is 6.18 Å². The molecule has 1 aliphatic rings. The summed E-state index contributed by atoms with van der Waals surface area (Å²) in [6.07, 6.45) is -1.89. The highest BCUT2D eigenvalue weighted by atomic mass is 35.5. The number of amides is 2. The van der Waals surface area contributed by atoms with Gasteiger partial charge in [0.1, 0.15) is 0 Å². The molecule has 0 bridgehead atoms. The summed E-state index contributed by atoms with van der Waals surface area (Å²) in [7, 11) is 0. The summed E-state index contributed by atoms with van der Waals surface area (Å²) in [4.78, 5) is 26.5. The van der Waals surface area contributed by atoms with Crippen molar-refractivity contribution < 1.29 is 22.8 Å². The Labute approximate surface area is 206 Å². The second-order valence-electron chi connectivity index (χ2n) is 8.78. The van der Waals surface area contributed by atoms with E-state index < -0.39 is 12.1 Å². The first-order valence-electron chi connectivity index (χ1n) is 11.0. The number of aryl methyl sites for hydroxylation is 3. The maximum atomic E-state index is 13.9. The van der Waals surface area contributed by atoms with Gasteiger partial charge in [-0.2, -0.15) is 13.2 Å². The molecule has 1 atom stereocenters. The summed E-state index contributed by atoms with van der Waals surface area (Å²) in [5, 5.41) is 0.461. The number of allylic oxidation sites excluding steroid dienone is 1. The number of carbonyl (C=O) groups excluding carboxylic acids is 2. The van der Waals surface area contributed by atoms with E-state index in [4.69, 9.17) is 11.6 Å². The minimum absolute atomic E-state index is 0.0939. The van der Waals surface area contributed by atoms with Crippen molar-refractivity contribution in [2.75, 3.05) is 0 Å². The van der Waals surface area contributed by atoms with Crippen LogP contribution in [-0.2, 0) is 6.54 Å². The minimum Gasteiger partial charge on any atom is -0.270 e. The smallest absolute Gasteiger partial charge is 0.270 e. The molecule has 0 aromatic heterocycles. The normalized spacial score (nSPS) is 14.7. The van der Waals surface area contributed by atoms with Crippen LogP contribution < -0.4 is 0 Å². The van der Waals surface area contributed by atoms with Crippen molar-refractivity contribution in [3.63, 3.8) is 0 Å². The second kappa shape index (κ2) is 9.34. The largest absolute Gasteiger partial charge is 0.399 e. The Kier molecular flexibility index (Phi) is 6.60. The Bertz CT molecular complexity index is 1300. The van der Waals surface area contributed by atoms with E-state index in [1.807, 2.05) is 0 Å². The average Bonchev–Trinajstić information content (AvgIpc) is 3.03. The molecule has 180 valence electrons. The van der Waals surface area contributed by atoms with Crippen LogP contribution in [0.4, 0.5) is 13.2 Å². The van der Waals surface area contributed by atoms with Crippen molar-refractivity contribution in [3.05, 3.63) is 110 Å². The van der Waals surface area contributed by atoms with Gasteiger partial charge in [0.25, 0.3) is 11.8 Å². The number of hydrogen-bond acceptors (Lipinski definition) is 2. The molecule has 3 aromatic carbocycles. The molecule has 0 aliphatic carbocycles. The molecule has 35 heavy (non-hydrogen) atoms. The summed E-state index contributed by atoms with van der Waals surface area (Å²) in [6.45, 7) is 5.27. The van der Waals surface area contributed by atoms with Gasteiger partial charge in [0.05, 0.1) is 23.6 Å². The van der Waals surface area contributed by atoms with E-state index in [2.05, 4.69) is 0 Å². The molecular weight excluding hydrogens is 475 g/mol. The van der Waals surface area contributed by atoms with Crippen molar-refractivity contribution in [2.45, 2.75) is 39.4 Å². The zero-order chi connectivity index (χ0) is 25.5. The molecule has 3 nitrogen and oxygen atoms in total. The number of alkyl halides is 3. The fourth-order valence-corrected chi connectivity index (χ4v) is 4.44. The van der Waals surface area contributed by atoms with Crippen LogP contribution in [0.25, 0.3) is 6.08 Å². The summed E-state index contributed by atoms with van der Waals surface area (Å²) in [5.74, 6) is -2.48. The van der Waals surface area contributed by atoms with Gasteiger partial charge in [0, 0.05) is 5.02 Å². The average molecular weight is 498 g/mol. The van der Waals surface area contributed by atoms with E-state index in [1.54, 1.807) is 63.2 Å². The number of hydrogen-bond donors (Lipinski definition) is 0. The van der Waals surface area contributed by atoms with E-state index in [0.29, 0.717) is 32.8 Å². The number of halogens is 4. The Morgan fingerprint density at radius 3 is 1.97 bits per heavy atom. The molecule has 3 aromatic rings. The number of benzene rings is 3. The molecule has 0 fully saturated rings. The molecule has 1 aliphatic heterocycles. The predicted octanol–water partition coefficient (Wildman–Crippen LogP) is 7.42. The van der Waals surface area contributed by atoms with E-state index in [0.717, 1.165) is 17.2 Å². The van der Waals surface area contributed by atoms with Crippen LogP contribution in [0.1, 0.15) is 60.0 Å². The molecule has 7 heteroatoms. The highest BCUT2D eigenvalue weighted by Crippen LogP contribution is 2.38. The van der Waals surface area contributed by atoms with Crippen molar-refractivity contribution >= 4 is 29.5 Å². The molecule has 0 saturated carbocycles. The highest BCUT2D eigenvalue weighted by molar-refractivity contribution is 6.32. The van der Waals surface area contributed by atoms with Gasteiger partial charge in [-0.15, -0.1) is 0 Å². The zero-order valence-corrected chi connectivity index (χ0v) is 20.2. The number of carbonyl (C=O) groups is 2. The Hall–Kier alpha value is -3.38. The molecule has 2 amide bonds. The maximum absolute atomic E-state index is 13.9. The maximum Gasteiger partial charge on any atom is 0.399 e. The van der Waals surface area contributed by atoms with E-state index >= 15 is 0 Å². The number of imide groups is 1. The zero-order valence-electron chi connectivity index (χ0n) is 19.4. The third-order valence-corrected chi connectivity index (χ3v) is 6.82. The lowest BCUT2D eigenvalue weighted by Gasteiger charge is -2.19. The second-order valence-corrected chi connectivity index (χ2v) is 9.15. The van der Waals surface area contributed by atoms with Crippen LogP contribution >= 0.6 is 11.6 Å². The summed E-state index contributed by atoms with van der Waals surface area (Å²) in [6, 6.07) is 14.8. The quantitative estimate of drug-likeness (QED) is 0.344. The van der Waals surface area contributed by atoms with E-state index in [1.165, 1.54) is 23.1 Å². The first-order valence-corrected chi connectivity index (χ1v) is 11.4. The Balaban J connectivity index is 1.57. The molecule has 0 N–H and O–H groups in total. The molecule has 1 heterocycles. The molecule has 4 rings (SSSR count). The van der Waals surface area contributed by atoms with Crippen LogP contribution in [0, 0.1) is 20.8 Å². The summed E-state index contributed by atoms with van der Waals surface area (Å²) >= 11 is 6.13. The number of fused-ring (bicyclic) bond motifs is 1. The molecule has 0 radical (unpaired) electrons. The monoisotopic (exact) mass is 497 g/mol. The van der Waals surface area contributed by atoms with Crippen molar-refractivity contribution in [1.29, 1.82) is 0 Å². The van der Waals surface area contributed by atoms with Gasteiger partial charge in [-0.25, -0.2) is 0 Å². The molecular formula is C28H23ClF3NO2. The van der Waals surface area contributed by atoms with Crippen molar-refractivity contribution in [3.8, 4) is 0 Å². The summed E-state index contributed by atoms with van der Waals surface area (Å²) < 4.78 is 41.6. The third kappa shape index (κ3) is 4.89. The SMILES string of the molecule is Cc1cc(/C=C/C(c2cc(C)c(Cl)c(C)c2)C(F)(F)F)ccc1CN1C(=O)c2ccccc2C1=O. The fourth-order valence-electron chi connectivity index (χ4n) is 4.33. The fraction of sp³-hybridized carbons (Fsp3) is 0.214. The van der Waals surface area contributed by atoms with Gasteiger partial charge < -0.3 is 0 Å². The van der Waals surface area contributed by atoms with E-state index in [-0.39, 0.29) is 23.9 Å². The van der Waals surface area contributed by atoms with Crippen LogP contribution in [0.2, 0.25) is 5.02 Å². The van der Waals surface area contributed by atoms with Crippen LogP contribution in [0.15, 0.2) is 60.7 Å². The Morgan fingerprint density at radius 2 is 1.46 bits per heavy atom. The lowest BCUT2D eigenvalue weighted by Crippen LogP contribution is -2.29. The van der Waals surface area contributed by atoms with Gasteiger partial charge in [0.2, 0.25) is 0 Å². The van der Waals surface area contributed by atoms with Gasteiger partial charge in [0.15, 0.2) is 0 Å². The van der Waals surface area contributed by atoms with Crippen LogP contribution in [-0.4, -0.2) is 22.9 Å². The first kappa shape index (κ1) is 24.7. The third-order valence-electron chi connectivity index (χ3n) is 6.22. The standard InChI is InChI=1S/C28H23ClF3NO2/c1-16-12-19(9-11-24(28(30,31)32)21-13-17(2)25(29)18(3)14-21)8-10-20(16)15-33-26(34)22-6-4-5-7-23(22)27(33)35/h4-14,24H,15H2,1-3H3/b11-9+. The van der Waals surface area contributed by atoms with Gasteiger partial charge in [-0.05, 0) is 66.3 Å². The van der Waals surface area contributed by atoms with Crippen molar-refractivity contribution in [2.24, 2.45) is 0 Å². The first-order chi connectivity index (χ1) is 16.5. The van der Waals surface area contributed by atoms with Gasteiger partial charge in [-0.1, -0.05) is 66.2 Å². The predicted molar refractivity (Wildman–Crippen MR) is 131 cm³/mol. The lowest BCUT2D eigenvalue weighted by atomic mass is 9.93. The van der Waals surface area contributed by atoms with Crippen LogP contribution in [0.3, 0.4) is 0 Å². The molecule has 1 unspecified atom stereocenters. The van der Waals surface area contributed by atoms with E-state index in [9.17, 15) is 22.8 Å². The van der Waals surface area contributed by atoms with Gasteiger partial charge in [-0.3, -0.25) is 14.5 Å². The highest BCUT2D eigenvalue weighted by Gasteiger charge is 2.39. The molecule has 0 spiro atoms. The molecule has 0 saturated heterocycles. The topological polar surface area (TPSA) is 37.4 Å². The number of rotatable bonds is 5.